The van der Waals surface area contributed by atoms with E-state index >= 15 is 0 Å². The van der Waals surface area contributed by atoms with Gasteiger partial charge < -0.3 is 4.74 Å². The number of halogens is 2. The Morgan fingerprint density at radius 2 is 1.67 bits per heavy atom. The minimum Gasteiger partial charge on any atom is -0.375 e. The number of rotatable bonds is 6. The van der Waals surface area contributed by atoms with Crippen LogP contribution in [-0.2, 0) is 11.2 Å². The number of hydrogen-bond donors (Lipinski definition) is 2. The zero-order valence-electron chi connectivity index (χ0n) is 11.7. The van der Waals surface area contributed by atoms with Crippen molar-refractivity contribution in [3.05, 3.63) is 69.7 Å². The molecule has 2 rings (SSSR count). The van der Waals surface area contributed by atoms with Crippen molar-refractivity contribution >= 4 is 23.2 Å². The largest absolute Gasteiger partial charge is 0.375 e. The quantitative estimate of drug-likeness (QED) is 0.628. The Morgan fingerprint density at radius 3 is 2.19 bits per heavy atom. The third-order valence-electron chi connectivity index (χ3n) is 3.45. The maximum absolute atomic E-state index is 6.23. The van der Waals surface area contributed by atoms with Gasteiger partial charge in [-0.1, -0.05) is 59.6 Å². The molecule has 0 amide bonds. The van der Waals surface area contributed by atoms with Crippen molar-refractivity contribution in [1.29, 1.82) is 0 Å². The number of ether oxygens (including phenoxy) is 1. The molecule has 0 saturated carbocycles. The molecule has 2 atom stereocenters. The van der Waals surface area contributed by atoms with E-state index in [1.165, 1.54) is 0 Å². The van der Waals surface area contributed by atoms with Crippen LogP contribution in [0.3, 0.4) is 0 Å². The molecule has 5 heteroatoms. The highest BCUT2D eigenvalue weighted by Gasteiger charge is 2.24. The first-order valence-electron chi connectivity index (χ1n) is 6.64. The summed E-state index contributed by atoms with van der Waals surface area (Å²) in [5.74, 6) is 5.72. The minimum absolute atomic E-state index is 0.144. The van der Waals surface area contributed by atoms with Crippen LogP contribution in [0.15, 0.2) is 48.5 Å². The molecule has 21 heavy (non-hydrogen) atoms. The van der Waals surface area contributed by atoms with E-state index in [1.54, 1.807) is 7.11 Å². The van der Waals surface area contributed by atoms with Gasteiger partial charge >= 0.3 is 0 Å². The Kier molecular flexibility index (Phi) is 6.03. The second-order valence-corrected chi connectivity index (χ2v) is 5.56. The van der Waals surface area contributed by atoms with Gasteiger partial charge in [-0.15, -0.1) is 0 Å². The van der Waals surface area contributed by atoms with Gasteiger partial charge in [-0.2, -0.15) is 0 Å². The van der Waals surface area contributed by atoms with Crippen LogP contribution in [0.25, 0.3) is 0 Å². The number of hydrazine groups is 1. The Morgan fingerprint density at radius 1 is 1.05 bits per heavy atom. The molecule has 3 nitrogen and oxygen atoms in total. The summed E-state index contributed by atoms with van der Waals surface area (Å²) in [7, 11) is 1.66. The molecule has 0 aromatic heterocycles. The van der Waals surface area contributed by atoms with Crippen molar-refractivity contribution in [2.24, 2.45) is 5.84 Å². The number of hydrogen-bond acceptors (Lipinski definition) is 3. The fourth-order valence-corrected chi connectivity index (χ4v) is 2.93. The molecule has 0 heterocycles. The highest BCUT2D eigenvalue weighted by Crippen LogP contribution is 2.29. The topological polar surface area (TPSA) is 47.3 Å². The van der Waals surface area contributed by atoms with E-state index in [9.17, 15) is 0 Å². The molecule has 0 radical (unpaired) electrons. The first kappa shape index (κ1) is 16.3. The van der Waals surface area contributed by atoms with Crippen LogP contribution >= 0.6 is 23.2 Å². The van der Waals surface area contributed by atoms with Gasteiger partial charge in [-0.25, -0.2) is 0 Å². The lowest BCUT2D eigenvalue weighted by atomic mass is 9.96. The molecule has 0 saturated heterocycles. The van der Waals surface area contributed by atoms with E-state index in [-0.39, 0.29) is 12.1 Å². The van der Waals surface area contributed by atoms with Crippen molar-refractivity contribution in [3.8, 4) is 0 Å². The van der Waals surface area contributed by atoms with Crippen LogP contribution in [0.1, 0.15) is 17.2 Å². The summed E-state index contributed by atoms with van der Waals surface area (Å²) in [5, 5.41) is 1.26. The SMILES string of the molecule is COC(c1ccccc1)C(Cc1c(Cl)cccc1Cl)NN. The molecule has 0 bridgehead atoms. The van der Waals surface area contributed by atoms with Gasteiger partial charge in [0.15, 0.2) is 0 Å². The summed E-state index contributed by atoms with van der Waals surface area (Å²) in [4.78, 5) is 0. The maximum Gasteiger partial charge on any atom is 0.0990 e. The fourth-order valence-electron chi connectivity index (χ4n) is 2.38. The van der Waals surface area contributed by atoms with E-state index in [1.807, 2.05) is 48.5 Å². The molecule has 0 spiro atoms. The van der Waals surface area contributed by atoms with Crippen LogP contribution in [-0.4, -0.2) is 13.2 Å². The Labute approximate surface area is 135 Å². The minimum atomic E-state index is -0.191. The summed E-state index contributed by atoms with van der Waals surface area (Å²) < 4.78 is 5.61. The summed E-state index contributed by atoms with van der Waals surface area (Å²) in [6, 6.07) is 15.2. The third-order valence-corrected chi connectivity index (χ3v) is 4.16. The molecule has 2 unspecified atom stereocenters. The van der Waals surface area contributed by atoms with Crippen molar-refractivity contribution < 1.29 is 4.74 Å². The highest BCUT2D eigenvalue weighted by molar-refractivity contribution is 6.36. The van der Waals surface area contributed by atoms with Gasteiger partial charge in [0.25, 0.3) is 0 Å². The predicted molar refractivity (Wildman–Crippen MR) is 87.5 cm³/mol. The average molecular weight is 325 g/mol. The lowest BCUT2D eigenvalue weighted by Gasteiger charge is -2.26. The van der Waals surface area contributed by atoms with Gasteiger partial charge in [0.2, 0.25) is 0 Å². The van der Waals surface area contributed by atoms with E-state index in [4.69, 9.17) is 33.8 Å². The van der Waals surface area contributed by atoms with Crippen molar-refractivity contribution in [3.63, 3.8) is 0 Å². The summed E-state index contributed by atoms with van der Waals surface area (Å²) in [6.07, 6.45) is 0.381. The lowest BCUT2D eigenvalue weighted by molar-refractivity contribution is 0.0679. The molecule has 0 aliphatic carbocycles. The summed E-state index contributed by atoms with van der Waals surface area (Å²) >= 11 is 12.5. The second kappa shape index (κ2) is 7.78. The molecule has 3 N–H and O–H groups in total. The van der Waals surface area contributed by atoms with E-state index in [0.717, 1.165) is 11.1 Å². The number of benzene rings is 2. The molecular formula is C16H18Cl2N2O. The number of nitrogens with two attached hydrogens (primary N) is 1. The highest BCUT2D eigenvalue weighted by atomic mass is 35.5. The maximum atomic E-state index is 6.23. The van der Waals surface area contributed by atoms with E-state index in [2.05, 4.69) is 5.43 Å². The van der Waals surface area contributed by atoms with Crippen LogP contribution in [0, 0.1) is 0 Å². The normalized spacial score (nSPS) is 13.9. The van der Waals surface area contributed by atoms with Crippen molar-refractivity contribution in [2.45, 2.75) is 18.6 Å². The van der Waals surface area contributed by atoms with E-state index < -0.39 is 0 Å². The summed E-state index contributed by atoms with van der Waals surface area (Å²) in [6.45, 7) is 0. The number of nitrogens with one attached hydrogen (secondary N) is 1. The molecule has 2 aromatic carbocycles. The summed E-state index contributed by atoms with van der Waals surface area (Å²) in [5.41, 5.74) is 4.72. The Bertz CT molecular complexity index is 557. The van der Waals surface area contributed by atoms with Gasteiger partial charge in [0, 0.05) is 17.2 Å². The standard InChI is InChI=1S/C16H18Cl2N2O/c1-21-16(11-6-3-2-4-7-11)15(20-19)10-12-13(17)8-5-9-14(12)18/h2-9,15-16,20H,10,19H2,1H3. The molecule has 112 valence electrons. The third kappa shape index (κ3) is 3.96. The van der Waals surface area contributed by atoms with Crippen molar-refractivity contribution in [2.75, 3.05) is 7.11 Å². The first-order chi connectivity index (χ1) is 10.2. The molecule has 2 aromatic rings. The molecule has 0 aliphatic heterocycles. The second-order valence-electron chi connectivity index (χ2n) is 4.74. The zero-order valence-corrected chi connectivity index (χ0v) is 13.2. The van der Waals surface area contributed by atoms with E-state index in [0.29, 0.717) is 16.5 Å². The van der Waals surface area contributed by atoms with Gasteiger partial charge in [-0.05, 0) is 29.7 Å². The monoisotopic (exact) mass is 324 g/mol. The van der Waals surface area contributed by atoms with Crippen LogP contribution < -0.4 is 11.3 Å². The Balaban J connectivity index is 2.26. The van der Waals surface area contributed by atoms with Crippen LogP contribution in [0.2, 0.25) is 10.0 Å². The Hall–Kier alpha value is -1.10. The number of methoxy groups -OCH3 is 1. The first-order valence-corrected chi connectivity index (χ1v) is 7.39. The molecular weight excluding hydrogens is 307 g/mol. The van der Waals surface area contributed by atoms with Crippen LogP contribution in [0.4, 0.5) is 0 Å². The zero-order chi connectivity index (χ0) is 15.2. The van der Waals surface area contributed by atoms with Crippen molar-refractivity contribution in [1.82, 2.24) is 5.43 Å². The van der Waals surface area contributed by atoms with Gasteiger partial charge in [0.1, 0.15) is 0 Å². The molecule has 0 aliphatic rings. The predicted octanol–water partition coefficient (Wildman–Crippen LogP) is 3.76. The van der Waals surface area contributed by atoms with Gasteiger partial charge in [0.05, 0.1) is 12.1 Å². The lowest BCUT2D eigenvalue weighted by Crippen LogP contribution is -2.42. The fraction of sp³-hybridized carbons (Fsp3) is 0.250. The average Bonchev–Trinajstić information content (AvgIpc) is 2.51. The van der Waals surface area contributed by atoms with Crippen LogP contribution in [0.5, 0.6) is 0 Å². The molecule has 0 fully saturated rings. The smallest absolute Gasteiger partial charge is 0.0990 e. The van der Waals surface area contributed by atoms with Gasteiger partial charge in [-0.3, -0.25) is 11.3 Å².